The minimum absolute atomic E-state index is 0.00599. The second kappa shape index (κ2) is 18.6. The summed E-state index contributed by atoms with van der Waals surface area (Å²) in [5.41, 5.74) is 1.50. The first kappa shape index (κ1) is 38.6. The fraction of sp³-hybridized carbons (Fsp3) is 0.484. The lowest BCUT2D eigenvalue weighted by Crippen LogP contribution is -2.46. The van der Waals surface area contributed by atoms with E-state index >= 15 is 0 Å². The molecule has 4 N–H and O–H groups in total. The Morgan fingerprint density at radius 1 is 0.680 bits per heavy atom. The maximum absolute atomic E-state index is 13.0. The number of esters is 4. The Labute approximate surface area is 286 Å². The Kier molecular flexibility index (Phi) is 14.4. The highest BCUT2D eigenvalue weighted by atomic mass is 16.6. The van der Waals surface area contributed by atoms with Crippen molar-refractivity contribution in [2.75, 3.05) is 46.1 Å². The molecule has 50 heavy (non-hydrogen) atoms. The lowest BCUT2D eigenvalue weighted by molar-refractivity contribution is -0.154. The molecule has 1 aromatic heterocycles. The number of amides is 4. The minimum atomic E-state index is -1.34. The van der Waals surface area contributed by atoms with Crippen molar-refractivity contribution in [3.63, 3.8) is 0 Å². The summed E-state index contributed by atoms with van der Waals surface area (Å²) in [4.78, 5) is 102. The van der Waals surface area contributed by atoms with Crippen LogP contribution in [0.1, 0.15) is 37.7 Å². The molecule has 0 spiro atoms. The molecule has 1 aliphatic heterocycles. The van der Waals surface area contributed by atoms with Crippen LogP contribution in [0.5, 0.6) is 0 Å². The molecule has 1 aliphatic rings. The highest BCUT2D eigenvalue weighted by Gasteiger charge is 2.25. The summed E-state index contributed by atoms with van der Waals surface area (Å²) in [7, 11) is 0. The number of nitrogens with zero attached hydrogens (tertiary/aromatic N) is 3. The molecule has 2 aromatic rings. The van der Waals surface area contributed by atoms with Crippen molar-refractivity contribution in [3.8, 4) is 0 Å². The van der Waals surface area contributed by atoms with Crippen molar-refractivity contribution < 1.29 is 57.3 Å². The smallest absolute Gasteiger partial charge is 0.329 e. The molecule has 0 bridgehead atoms. The Hall–Kier alpha value is -5.88. The van der Waals surface area contributed by atoms with Gasteiger partial charge in [0.2, 0.25) is 0 Å². The summed E-state index contributed by atoms with van der Waals surface area (Å²) in [6, 6.07) is 5.77. The molecule has 0 saturated carbocycles. The monoisotopic (exact) mass is 701 g/mol. The van der Waals surface area contributed by atoms with Gasteiger partial charge in [-0.1, -0.05) is 45.0 Å². The van der Waals surface area contributed by atoms with Crippen LogP contribution in [-0.4, -0.2) is 114 Å². The predicted molar refractivity (Wildman–Crippen MR) is 167 cm³/mol. The van der Waals surface area contributed by atoms with Gasteiger partial charge in [-0.15, -0.1) is 0 Å². The molecule has 2 heterocycles. The van der Waals surface area contributed by atoms with Crippen LogP contribution in [0.15, 0.2) is 30.6 Å². The molecule has 0 radical (unpaired) electrons. The van der Waals surface area contributed by atoms with Crippen molar-refractivity contribution in [2.24, 2.45) is 5.41 Å². The summed E-state index contributed by atoms with van der Waals surface area (Å²) in [5.74, 6) is -6.73. The van der Waals surface area contributed by atoms with Gasteiger partial charge in [-0.2, -0.15) is 5.10 Å². The average molecular weight is 702 g/mol. The Bertz CT molecular complexity index is 1570. The van der Waals surface area contributed by atoms with Crippen LogP contribution >= 0.6 is 0 Å². The van der Waals surface area contributed by atoms with Crippen LogP contribution in [0.3, 0.4) is 0 Å². The molecule has 19 heteroatoms. The summed E-state index contributed by atoms with van der Waals surface area (Å²) in [6.07, 6.45) is 2.13. The van der Waals surface area contributed by atoms with Crippen LogP contribution in [0.2, 0.25) is 0 Å². The molecular formula is C31H39N7O12. The third-order valence-electron chi connectivity index (χ3n) is 6.53. The highest BCUT2D eigenvalue weighted by molar-refractivity contribution is 5.90. The first-order valence-corrected chi connectivity index (χ1v) is 15.3. The number of hydrogen-bond donors (Lipinski definition) is 4. The molecule has 3 rings (SSSR count). The highest BCUT2D eigenvalue weighted by Crippen LogP contribution is 2.19. The number of nitrogens with one attached hydrogen (secondary N) is 4. The van der Waals surface area contributed by atoms with Gasteiger partial charge in [0.05, 0.1) is 6.54 Å². The van der Waals surface area contributed by atoms with Crippen molar-refractivity contribution in [2.45, 2.75) is 46.2 Å². The normalized spacial score (nSPS) is 18.6. The van der Waals surface area contributed by atoms with Crippen LogP contribution in [0.4, 0.5) is 0 Å². The average Bonchev–Trinajstić information content (AvgIpc) is 3.49. The van der Waals surface area contributed by atoms with Gasteiger partial charge in [0.15, 0.2) is 26.4 Å². The zero-order chi connectivity index (χ0) is 36.7. The zero-order valence-corrected chi connectivity index (χ0v) is 27.8. The van der Waals surface area contributed by atoms with Crippen molar-refractivity contribution in [1.29, 1.82) is 0 Å². The topological polar surface area (TPSA) is 252 Å². The molecule has 1 unspecified atom stereocenters. The summed E-state index contributed by atoms with van der Waals surface area (Å²) in [5, 5.41) is 13.1. The first-order valence-electron chi connectivity index (χ1n) is 15.3. The molecule has 0 aliphatic carbocycles. The molecule has 1 fully saturated rings. The zero-order valence-electron chi connectivity index (χ0n) is 27.8. The van der Waals surface area contributed by atoms with E-state index in [9.17, 15) is 38.4 Å². The molecular weight excluding hydrogens is 662 g/mol. The molecule has 1 aromatic carbocycles. The van der Waals surface area contributed by atoms with Crippen LogP contribution in [0, 0.1) is 5.41 Å². The van der Waals surface area contributed by atoms with Gasteiger partial charge in [0, 0.05) is 12.8 Å². The van der Waals surface area contributed by atoms with E-state index in [-0.39, 0.29) is 11.8 Å². The van der Waals surface area contributed by atoms with E-state index in [4.69, 9.17) is 14.2 Å². The quantitative estimate of drug-likeness (QED) is 0.186. The van der Waals surface area contributed by atoms with Crippen molar-refractivity contribution in [3.05, 3.63) is 47.5 Å². The Morgan fingerprint density at radius 3 is 1.64 bits per heavy atom. The molecule has 270 valence electrons. The van der Waals surface area contributed by atoms with Gasteiger partial charge in [-0.05, 0) is 16.5 Å². The second-order valence-corrected chi connectivity index (χ2v) is 12.1. The summed E-state index contributed by atoms with van der Waals surface area (Å²) >= 11 is 0. The third kappa shape index (κ3) is 14.5. The SMILES string of the molecule is CC(C)(C)Cc1ncnn1Cc1ccc(CC2NC(=O)COC(=O)CNC(=O)COC(=O)CNC(=O)COC(=O)CNC(=O)COC2=O)cc1. The fourth-order valence-electron chi connectivity index (χ4n) is 4.14. The Balaban J connectivity index is 1.67. The number of aromatic nitrogens is 3. The molecule has 1 saturated heterocycles. The number of ether oxygens (including phenoxy) is 4. The number of cyclic esters (lactones) is 4. The van der Waals surface area contributed by atoms with Crippen LogP contribution in [0.25, 0.3) is 0 Å². The van der Waals surface area contributed by atoms with Crippen molar-refractivity contribution >= 4 is 47.5 Å². The van der Waals surface area contributed by atoms with Gasteiger partial charge >= 0.3 is 23.9 Å². The van der Waals surface area contributed by atoms with E-state index in [1.54, 1.807) is 16.8 Å². The van der Waals surface area contributed by atoms with Gasteiger partial charge < -0.3 is 40.2 Å². The Morgan fingerprint density at radius 2 is 1.14 bits per heavy atom. The van der Waals surface area contributed by atoms with Gasteiger partial charge in [0.25, 0.3) is 23.6 Å². The minimum Gasteiger partial charge on any atom is -0.454 e. The molecule has 1 atom stereocenters. The van der Waals surface area contributed by atoms with Gasteiger partial charge in [0.1, 0.15) is 37.8 Å². The number of benzene rings is 1. The maximum atomic E-state index is 13.0. The van der Waals surface area contributed by atoms with Crippen LogP contribution < -0.4 is 21.3 Å². The van der Waals surface area contributed by atoms with E-state index in [0.29, 0.717) is 12.1 Å². The van der Waals surface area contributed by atoms with Crippen molar-refractivity contribution in [1.82, 2.24) is 36.0 Å². The third-order valence-corrected chi connectivity index (χ3v) is 6.53. The summed E-state index contributed by atoms with van der Waals surface area (Å²) < 4.78 is 21.1. The fourth-order valence-corrected chi connectivity index (χ4v) is 4.14. The first-order chi connectivity index (χ1) is 23.7. The van der Waals surface area contributed by atoms with E-state index in [1.807, 2.05) is 12.1 Å². The van der Waals surface area contributed by atoms with Gasteiger partial charge in [-0.25, -0.2) is 14.5 Å². The standard InChI is InChI=1S/C31H39N7O12/c1-31(2,3)9-22-35-18-36-38(22)13-20-6-4-19(5-7-20)8-21-30(46)50-16-25(41)34-11-28(44)48-14-23(39)32-10-27(43)47-15-24(40)33-12-29(45)49-17-26(42)37-21/h4-7,18,21H,8-17H2,1-3H3,(H,32,39)(H,33,40)(H,34,41)(H,37,42). The second-order valence-electron chi connectivity index (χ2n) is 12.1. The van der Waals surface area contributed by atoms with E-state index in [0.717, 1.165) is 17.8 Å². The number of rotatable bonds is 5. The van der Waals surface area contributed by atoms with E-state index < -0.39 is 99.6 Å². The lowest BCUT2D eigenvalue weighted by atomic mass is 9.92. The predicted octanol–water partition coefficient (Wildman–Crippen LogP) is -2.52. The van der Waals surface area contributed by atoms with Gasteiger partial charge in [-0.3, -0.25) is 33.6 Å². The molecule has 4 amide bonds. The number of carbonyl (C=O) groups excluding carboxylic acids is 8. The molecule has 19 nitrogen and oxygen atoms in total. The lowest BCUT2D eigenvalue weighted by Gasteiger charge is -2.19. The largest absolute Gasteiger partial charge is 0.454 e. The van der Waals surface area contributed by atoms with Crippen LogP contribution in [-0.2, 0) is 76.7 Å². The number of hydrogen-bond acceptors (Lipinski definition) is 14. The van der Waals surface area contributed by atoms with E-state index in [1.165, 1.54) is 6.33 Å². The summed E-state index contributed by atoms with van der Waals surface area (Å²) in [6.45, 7) is 1.49. The number of carbonyl (C=O) groups is 8. The van der Waals surface area contributed by atoms with E-state index in [2.05, 4.69) is 56.9 Å². The maximum Gasteiger partial charge on any atom is 0.329 e.